The number of methoxy groups -OCH3 is 1. The number of amides is 1. The van der Waals surface area contributed by atoms with Crippen molar-refractivity contribution in [1.82, 2.24) is 20.4 Å². The molecule has 0 saturated carbocycles. The van der Waals surface area contributed by atoms with Crippen LogP contribution < -0.4 is 10.6 Å². The van der Waals surface area contributed by atoms with Gasteiger partial charge in [0.2, 0.25) is 5.91 Å². The molecule has 2 fully saturated rings. The summed E-state index contributed by atoms with van der Waals surface area (Å²) >= 11 is 0. The van der Waals surface area contributed by atoms with Gasteiger partial charge in [0, 0.05) is 72.6 Å². The summed E-state index contributed by atoms with van der Waals surface area (Å²) in [6.45, 7) is 9.09. The van der Waals surface area contributed by atoms with E-state index >= 15 is 0 Å². The number of aliphatic imine (C=N–C) groups is 1. The van der Waals surface area contributed by atoms with Crippen molar-refractivity contribution in [2.24, 2.45) is 10.9 Å². The number of hydrogen-bond donors (Lipinski definition) is 2. The highest BCUT2D eigenvalue weighted by Gasteiger charge is 2.21. The molecule has 0 bridgehead atoms. The van der Waals surface area contributed by atoms with Crippen molar-refractivity contribution >= 4 is 35.8 Å². The van der Waals surface area contributed by atoms with E-state index in [-0.39, 0.29) is 29.9 Å². The summed E-state index contributed by atoms with van der Waals surface area (Å²) < 4.78 is 16.0. The molecule has 1 atom stereocenters. The van der Waals surface area contributed by atoms with Gasteiger partial charge in [0.15, 0.2) is 5.96 Å². The summed E-state index contributed by atoms with van der Waals surface area (Å²) in [7, 11) is 3.44. The number of carbonyl (C=O) groups is 1. The average molecular weight is 527 g/mol. The zero-order valence-corrected chi connectivity index (χ0v) is 20.2. The molecule has 2 aliphatic heterocycles. The maximum atomic E-state index is 11.9. The zero-order valence-electron chi connectivity index (χ0n) is 17.9. The molecule has 170 valence electrons. The first-order valence-electron chi connectivity index (χ1n) is 10.3. The predicted octanol–water partition coefficient (Wildman–Crippen LogP) is 0.00320. The van der Waals surface area contributed by atoms with E-state index in [0.717, 1.165) is 78.0 Å². The van der Waals surface area contributed by atoms with Gasteiger partial charge < -0.3 is 29.7 Å². The van der Waals surface area contributed by atoms with E-state index < -0.39 is 0 Å². The van der Waals surface area contributed by atoms with Gasteiger partial charge in [-0.15, -0.1) is 24.0 Å². The van der Waals surface area contributed by atoms with E-state index in [1.54, 1.807) is 7.11 Å². The van der Waals surface area contributed by atoms with Crippen LogP contribution in [0.25, 0.3) is 0 Å². The quantitative estimate of drug-likeness (QED) is 0.169. The first kappa shape index (κ1) is 26.3. The minimum Gasteiger partial charge on any atom is -0.383 e. The Hall–Kier alpha value is -0.690. The van der Waals surface area contributed by atoms with Gasteiger partial charge >= 0.3 is 0 Å². The minimum atomic E-state index is 0. The van der Waals surface area contributed by atoms with Crippen LogP contribution in [0.15, 0.2) is 4.99 Å². The highest BCUT2D eigenvalue weighted by atomic mass is 127. The number of carbonyl (C=O) groups excluding carboxylic acids is 1. The molecule has 0 aliphatic carbocycles. The van der Waals surface area contributed by atoms with Gasteiger partial charge in [0.25, 0.3) is 0 Å². The van der Waals surface area contributed by atoms with Gasteiger partial charge in [-0.3, -0.25) is 14.7 Å². The summed E-state index contributed by atoms with van der Waals surface area (Å²) in [6, 6.07) is 0. The monoisotopic (exact) mass is 527 g/mol. The molecule has 0 aromatic rings. The van der Waals surface area contributed by atoms with Crippen LogP contribution in [-0.2, 0) is 19.0 Å². The molecule has 9 nitrogen and oxygen atoms in total. The zero-order chi connectivity index (χ0) is 20.0. The molecule has 0 radical (unpaired) electrons. The molecule has 2 rings (SSSR count). The molecule has 10 heteroatoms. The van der Waals surface area contributed by atoms with E-state index in [1.165, 1.54) is 0 Å². The second-order valence-electron chi connectivity index (χ2n) is 7.24. The maximum Gasteiger partial charge on any atom is 0.234 e. The molecule has 0 aromatic heterocycles. The second-order valence-corrected chi connectivity index (χ2v) is 7.24. The smallest absolute Gasteiger partial charge is 0.234 e. The third-order valence-corrected chi connectivity index (χ3v) is 5.01. The van der Waals surface area contributed by atoms with E-state index in [0.29, 0.717) is 25.6 Å². The van der Waals surface area contributed by atoms with E-state index in [4.69, 9.17) is 14.2 Å². The molecule has 2 saturated heterocycles. The lowest BCUT2D eigenvalue weighted by Gasteiger charge is -2.36. The van der Waals surface area contributed by atoms with Crippen molar-refractivity contribution < 1.29 is 19.0 Å². The van der Waals surface area contributed by atoms with Crippen LogP contribution in [-0.4, -0.2) is 115 Å². The fourth-order valence-electron chi connectivity index (χ4n) is 3.34. The minimum absolute atomic E-state index is 0. The third kappa shape index (κ3) is 10.8. The standard InChI is InChI=1S/C19H37N5O4.HI/c1-20-19(22-5-3-11-27-15-17-4-12-28-16-17)24-9-7-23(8-10-24)14-18(25)21-6-13-26-2;/h17H,3-16H2,1-2H3,(H,20,22)(H,21,25);1H. The molecular formula is C19H38IN5O4. The summed E-state index contributed by atoms with van der Waals surface area (Å²) in [5, 5.41) is 6.28. The fourth-order valence-corrected chi connectivity index (χ4v) is 3.34. The van der Waals surface area contributed by atoms with E-state index in [1.807, 2.05) is 7.05 Å². The normalized spacial score (nSPS) is 20.4. The molecule has 1 unspecified atom stereocenters. The lowest BCUT2D eigenvalue weighted by molar-refractivity contribution is -0.122. The van der Waals surface area contributed by atoms with Crippen molar-refractivity contribution in [3.8, 4) is 0 Å². The summed E-state index contributed by atoms with van der Waals surface area (Å²) in [5.74, 6) is 1.55. The van der Waals surface area contributed by atoms with Crippen molar-refractivity contribution in [3.63, 3.8) is 0 Å². The van der Waals surface area contributed by atoms with Crippen molar-refractivity contribution in [1.29, 1.82) is 0 Å². The maximum absolute atomic E-state index is 11.9. The number of halogens is 1. The van der Waals surface area contributed by atoms with Gasteiger partial charge in [-0.05, 0) is 12.8 Å². The Morgan fingerprint density at radius 2 is 1.97 bits per heavy atom. The molecule has 0 spiro atoms. The number of rotatable bonds is 11. The van der Waals surface area contributed by atoms with Crippen LogP contribution >= 0.6 is 24.0 Å². The Balaban J connectivity index is 0.00000420. The van der Waals surface area contributed by atoms with E-state index in [9.17, 15) is 4.79 Å². The van der Waals surface area contributed by atoms with Crippen LogP contribution in [0.2, 0.25) is 0 Å². The molecule has 2 heterocycles. The van der Waals surface area contributed by atoms with Gasteiger partial charge in [0.05, 0.1) is 26.4 Å². The van der Waals surface area contributed by atoms with Crippen LogP contribution in [0.1, 0.15) is 12.8 Å². The number of hydrogen-bond acceptors (Lipinski definition) is 6. The highest BCUT2D eigenvalue weighted by Crippen LogP contribution is 2.12. The van der Waals surface area contributed by atoms with Gasteiger partial charge in [-0.2, -0.15) is 0 Å². The van der Waals surface area contributed by atoms with E-state index in [2.05, 4.69) is 25.4 Å². The summed E-state index contributed by atoms with van der Waals surface area (Å²) in [5.41, 5.74) is 0. The fraction of sp³-hybridized carbons (Fsp3) is 0.895. The number of piperazine rings is 1. The SMILES string of the molecule is CN=C(NCCCOCC1CCOC1)N1CCN(CC(=O)NCCOC)CC1.I. The Morgan fingerprint density at radius 3 is 2.62 bits per heavy atom. The number of nitrogens with one attached hydrogen (secondary N) is 2. The Kier molecular flexibility index (Phi) is 14.6. The van der Waals surface area contributed by atoms with Crippen LogP contribution in [0, 0.1) is 5.92 Å². The molecule has 0 aromatic carbocycles. The molecule has 1 amide bonds. The number of ether oxygens (including phenoxy) is 3. The molecular weight excluding hydrogens is 489 g/mol. The topological polar surface area (TPSA) is 87.7 Å². The highest BCUT2D eigenvalue weighted by molar-refractivity contribution is 14.0. The van der Waals surface area contributed by atoms with Crippen molar-refractivity contribution in [3.05, 3.63) is 0 Å². The molecule has 2 aliphatic rings. The predicted molar refractivity (Wildman–Crippen MR) is 124 cm³/mol. The first-order chi connectivity index (χ1) is 13.7. The third-order valence-electron chi connectivity index (χ3n) is 5.01. The Morgan fingerprint density at radius 1 is 1.17 bits per heavy atom. The number of nitrogens with zero attached hydrogens (tertiary/aromatic N) is 3. The lowest BCUT2D eigenvalue weighted by Crippen LogP contribution is -2.54. The Bertz CT molecular complexity index is 470. The lowest BCUT2D eigenvalue weighted by atomic mass is 10.1. The largest absolute Gasteiger partial charge is 0.383 e. The summed E-state index contributed by atoms with van der Waals surface area (Å²) in [4.78, 5) is 20.7. The second kappa shape index (κ2) is 16.1. The van der Waals surface area contributed by atoms with Crippen LogP contribution in [0.4, 0.5) is 0 Å². The Labute approximate surface area is 191 Å². The first-order valence-corrected chi connectivity index (χ1v) is 10.3. The number of guanidine groups is 1. The van der Waals surface area contributed by atoms with Gasteiger partial charge in [-0.1, -0.05) is 0 Å². The van der Waals surface area contributed by atoms with Crippen LogP contribution in [0.3, 0.4) is 0 Å². The van der Waals surface area contributed by atoms with Crippen molar-refractivity contribution in [2.45, 2.75) is 12.8 Å². The average Bonchev–Trinajstić information content (AvgIpc) is 3.22. The van der Waals surface area contributed by atoms with Crippen molar-refractivity contribution in [2.75, 3.05) is 93.0 Å². The summed E-state index contributed by atoms with van der Waals surface area (Å²) in [6.07, 6.45) is 2.07. The van der Waals surface area contributed by atoms with Gasteiger partial charge in [-0.25, -0.2) is 0 Å². The molecule has 29 heavy (non-hydrogen) atoms. The van der Waals surface area contributed by atoms with Gasteiger partial charge in [0.1, 0.15) is 0 Å². The molecule has 2 N–H and O–H groups in total. The van der Waals surface area contributed by atoms with Crippen LogP contribution in [0.5, 0.6) is 0 Å².